The molecule has 0 saturated heterocycles. The molecule has 0 radical (unpaired) electrons. The highest BCUT2D eigenvalue weighted by atomic mass is 79.9. The van der Waals surface area contributed by atoms with E-state index in [9.17, 15) is 5.11 Å². The van der Waals surface area contributed by atoms with Crippen molar-refractivity contribution in [3.63, 3.8) is 0 Å². The van der Waals surface area contributed by atoms with Crippen molar-refractivity contribution in [3.05, 3.63) is 64.4 Å². The van der Waals surface area contributed by atoms with Gasteiger partial charge >= 0.3 is 0 Å². The molecule has 0 aliphatic rings. The summed E-state index contributed by atoms with van der Waals surface area (Å²) in [7, 11) is 0. The van der Waals surface area contributed by atoms with Crippen LogP contribution < -0.4 is 0 Å². The molecule has 18 heavy (non-hydrogen) atoms. The SMILES string of the molecule is OC(CCc1ccncc1)Cc1ccccc1Br. The first kappa shape index (κ1) is 13.2. The molecule has 1 aromatic carbocycles. The maximum absolute atomic E-state index is 10.1. The zero-order chi connectivity index (χ0) is 12.8. The Kier molecular flexibility index (Phi) is 4.90. The van der Waals surface area contributed by atoms with E-state index in [1.54, 1.807) is 12.4 Å². The van der Waals surface area contributed by atoms with E-state index in [0.717, 1.165) is 22.9 Å². The van der Waals surface area contributed by atoms with Crippen LogP contribution in [0.25, 0.3) is 0 Å². The first-order chi connectivity index (χ1) is 8.75. The van der Waals surface area contributed by atoms with Gasteiger partial charge in [0.1, 0.15) is 0 Å². The summed E-state index contributed by atoms with van der Waals surface area (Å²) in [4.78, 5) is 3.98. The molecule has 0 bridgehead atoms. The van der Waals surface area contributed by atoms with E-state index in [1.807, 2.05) is 36.4 Å². The number of hydrogen-bond acceptors (Lipinski definition) is 2. The van der Waals surface area contributed by atoms with Gasteiger partial charge in [-0.15, -0.1) is 0 Å². The minimum Gasteiger partial charge on any atom is -0.393 e. The van der Waals surface area contributed by atoms with Crippen LogP contribution in [0.15, 0.2) is 53.3 Å². The van der Waals surface area contributed by atoms with E-state index in [4.69, 9.17) is 0 Å². The Bertz CT molecular complexity index is 487. The molecule has 0 fully saturated rings. The van der Waals surface area contributed by atoms with E-state index in [0.29, 0.717) is 6.42 Å². The largest absolute Gasteiger partial charge is 0.393 e. The van der Waals surface area contributed by atoms with Gasteiger partial charge in [-0.3, -0.25) is 4.98 Å². The fraction of sp³-hybridized carbons (Fsp3) is 0.267. The third-order valence-corrected chi connectivity index (χ3v) is 3.70. The van der Waals surface area contributed by atoms with E-state index in [-0.39, 0.29) is 6.10 Å². The number of pyridine rings is 1. The second-order valence-electron chi connectivity index (χ2n) is 4.34. The number of rotatable bonds is 5. The summed E-state index contributed by atoms with van der Waals surface area (Å²) in [5.74, 6) is 0. The first-order valence-electron chi connectivity index (χ1n) is 6.06. The monoisotopic (exact) mass is 305 g/mol. The van der Waals surface area contributed by atoms with Crippen LogP contribution in [0.3, 0.4) is 0 Å². The molecular weight excluding hydrogens is 290 g/mol. The number of nitrogens with zero attached hydrogens (tertiary/aromatic N) is 1. The van der Waals surface area contributed by atoms with Crippen LogP contribution >= 0.6 is 15.9 Å². The molecule has 2 rings (SSSR count). The predicted molar refractivity (Wildman–Crippen MR) is 76.4 cm³/mol. The summed E-state index contributed by atoms with van der Waals surface area (Å²) in [5.41, 5.74) is 2.37. The maximum atomic E-state index is 10.1. The van der Waals surface area contributed by atoms with Gasteiger partial charge in [0, 0.05) is 16.9 Å². The molecule has 0 aliphatic heterocycles. The molecule has 1 heterocycles. The Hall–Kier alpha value is -1.19. The standard InChI is InChI=1S/C15H16BrNO/c16-15-4-2-1-3-13(15)11-14(18)6-5-12-7-9-17-10-8-12/h1-4,7-10,14,18H,5-6,11H2. The van der Waals surface area contributed by atoms with Crippen molar-refractivity contribution in [2.75, 3.05) is 0 Å². The van der Waals surface area contributed by atoms with Crippen LogP contribution in [0.5, 0.6) is 0 Å². The Labute approximate surface area is 116 Å². The van der Waals surface area contributed by atoms with Crippen molar-refractivity contribution in [1.29, 1.82) is 0 Å². The molecule has 1 N–H and O–H groups in total. The topological polar surface area (TPSA) is 33.1 Å². The van der Waals surface area contributed by atoms with E-state index in [1.165, 1.54) is 5.56 Å². The normalized spacial score (nSPS) is 12.3. The lowest BCUT2D eigenvalue weighted by molar-refractivity contribution is 0.165. The van der Waals surface area contributed by atoms with Crippen LogP contribution in [0.1, 0.15) is 17.5 Å². The molecule has 94 valence electrons. The molecule has 0 amide bonds. The second-order valence-corrected chi connectivity index (χ2v) is 5.20. The predicted octanol–water partition coefficient (Wildman–Crippen LogP) is 3.38. The lowest BCUT2D eigenvalue weighted by Gasteiger charge is -2.11. The summed E-state index contributed by atoms with van der Waals surface area (Å²) in [6.07, 6.45) is 5.61. The van der Waals surface area contributed by atoms with Crippen LogP contribution in [-0.2, 0) is 12.8 Å². The van der Waals surface area contributed by atoms with Gasteiger partial charge < -0.3 is 5.11 Å². The van der Waals surface area contributed by atoms with Gasteiger partial charge in [0.25, 0.3) is 0 Å². The van der Waals surface area contributed by atoms with E-state index >= 15 is 0 Å². The van der Waals surface area contributed by atoms with Gasteiger partial charge in [-0.05, 0) is 48.6 Å². The fourth-order valence-electron chi connectivity index (χ4n) is 1.90. The number of aliphatic hydroxyl groups is 1. The highest BCUT2D eigenvalue weighted by Crippen LogP contribution is 2.18. The van der Waals surface area contributed by atoms with Gasteiger partial charge in [0.15, 0.2) is 0 Å². The Morgan fingerprint density at radius 3 is 2.56 bits per heavy atom. The highest BCUT2D eigenvalue weighted by molar-refractivity contribution is 9.10. The Morgan fingerprint density at radius 2 is 1.83 bits per heavy atom. The number of aromatic nitrogens is 1. The molecule has 0 saturated carbocycles. The van der Waals surface area contributed by atoms with Gasteiger partial charge in [0.2, 0.25) is 0 Å². The van der Waals surface area contributed by atoms with Crippen LogP contribution in [0.2, 0.25) is 0 Å². The van der Waals surface area contributed by atoms with Gasteiger partial charge in [-0.1, -0.05) is 34.1 Å². The quantitative estimate of drug-likeness (QED) is 0.918. The van der Waals surface area contributed by atoms with Gasteiger partial charge in [-0.2, -0.15) is 0 Å². The third-order valence-electron chi connectivity index (χ3n) is 2.93. The third kappa shape index (κ3) is 3.93. The summed E-state index contributed by atoms with van der Waals surface area (Å²) < 4.78 is 1.06. The maximum Gasteiger partial charge on any atom is 0.0584 e. The Balaban J connectivity index is 1.86. The van der Waals surface area contributed by atoms with Crippen LogP contribution in [0.4, 0.5) is 0 Å². The number of halogens is 1. The fourth-order valence-corrected chi connectivity index (χ4v) is 2.35. The molecule has 1 atom stereocenters. The summed E-state index contributed by atoms with van der Waals surface area (Å²) in [6, 6.07) is 12.0. The summed E-state index contributed by atoms with van der Waals surface area (Å²) >= 11 is 3.50. The smallest absolute Gasteiger partial charge is 0.0584 e. The highest BCUT2D eigenvalue weighted by Gasteiger charge is 2.08. The molecule has 2 nitrogen and oxygen atoms in total. The molecule has 2 aromatic rings. The minimum absolute atomic E-state index is 0.308. The molecular formula is C15H16BrNO. The molecule has 0 spiro atoms. The number of hydrogen-bond donors (Lipinski definition) is 1. The van der Waals surface area contributed by atoms with Crippen molar-refractivity contribution >= 4 is 15.9 Å². The second kappa shape index (κ2) is 6.66. The van der Waals surface area contributed by atoms with Gasteiger partial charge in [-0.25, -0.2) is 0 Å². The van der Waals surface area contributed by atoms with E-state index < -0.39 is 0 Å². The molecule has 1 aromatic heterocycles. The minimum atomic E-state index is -0.308. The number of aryl methyl sites for hydroxylation is 1. The lowest BCUT2D eigenvalue weighted by Crippen LogP contribution is -2.12. The van der Waals surface area contributed by atoms with Gasteiger partial charge in [0.05, 0.1) is 6.10 Å². The summed E-state index contributed by atoms with van der Waals surface area (Å²) in [6.45, 7) is 0. The number of benzene rings is 1. The van der Waals surface area contributed by atoms with E-state index in [2.05, 4.69) is 20.9 Å². The van der Waals surface area contributed by atoms with Crippen LogP contribution in [-0.4, -0.2) is 16.2 Å². The van der Waals surface area contributed by atoms with Crippen molar-refractivity contribution in [2.45, 2.75) is 25.4 Å². The Morgan fingerprint density at radius 1 is 1.11 bits per heavy atom. The van der Waals surface area contributed by atoms with Crippen LogP contribution in [0, 0.1) is 0 Å². The molecule has 0 aliphatic carbocycles. The molecule has 3 heteroatoms. The number of aliphatic hydroxyl groups excluding tert-OH is 1. The van der Waals surface area contributed by atoms with Crippen molar-refractivity contribution in [1.82, 2.24) is 4.98 Å². The summed E-state index contributed by atoms with van der Waals surface area (Å²) in [5, 5.41) is 10.1. The van der Waals surface area contributed by atoms with Crippen molar-refractivity contribution in [3.8, 4) is 0 Å². The lowest BCUT2D eigenvalue weighted by atomic mass is 10.0. The van der Waals surface area contributed by atoms with Crippen molar-refractivity contribution < 1.29 is 5.11 Å². The zero-order valence-corrected chi connectivity index (χ0v) is 11.7. The van der Waals surface area contributed by atoms with Crippen molar-refractivity contribution in [2.24, 2.45) is 0 Å². The average Bonchev–Trinajstić information content (AvgIpc) is 2.40. The molecule has 1 unspecified atom stereocenters. The zero-order valence-electron chi connectivity index (χ0n) is 10.1. The first-order valence-corrected chi connectivity index (χ1v) is 6.85. The average molecular weight is 306 g/mol.